The van der Waals surface area contributed by atoms with Crippen LogP contribution in [0.15, 0.2) is 0 Å². The Morgan fingerprint density at radius 2 is 0.559 bits per heavy atom. The van der Waals surface area contributed by atoms with Crippen LogP contribution in [-0.2, 0) is 52.7 Å². The van der Waals surface area contributed by atoms with Crippen LogP contribution in [0.4, 0.5) is 0 Å². The molecule has 0 aromatic rings. The number of hydrogen-bond acceptors (Lipinski definition) is 0. The van der Waals surface area contributed by atoms with Gasteiger partial charge in [-0.2, -0.15) is 0 Å². The predicted molar refractivity (Wildman–Crippen MR) is 138 cm³/mol. The molecule has 0 aliphatic heterocycles. The molecule has 2 rings (SSSR count). The van der Waals surface area contributed by atoms with E-state index in [1.54, 1.807) is 11.1 Å². The summed E-state index contributed by atoms with van der Waals surface area (Å²) in [4.78, 5) is 0. The first-order valence-corrected chi connectivity index (χ1v) is 25.0. The third-order valence-corrected chi connectivity index (χ3v) is 41.8. The largest absolute Gasteiger partial charge is 0 e. The fourth-order valence-electron chi connectivity index (χ4n) is 2.45. The summed E-state index contributed by atoms with van der Waals surface area (Å²) in [5.41, 5.74) is 3.28. The summed E-state index contributed by atoms with van der Waals surface area (Å²) >= 11 is 0. The zero-order chi connectivity index (χ0) is 26.8. The molecule has 0 unspecified atom stereocenters. The van der Waals surface area contributed by atoms with Crippen LogP contribution in [0.25, 0.3) is 0 Å². The Hall–Kier alpha value is 0.866. The number of hydrogen-bond donors (Lipinski definition) is 0. The second-order valence-corrected chi connectivity index (χ2v) is 43.3. The van der Waals surface area contributed by atoms with E-state index in [0.717, 1.165) is 0 Å². The molecule has 0 atom stereocenters. The maximum Gasteiger partial charge on any atom is 0 e. The summed E-state index contributed by atoms with van der Waals surface area (Å²) in [7, 11) is -4.08. The van der Waals surface area contributed by atoms with Gasteiger partial charge in [-0.1, -0.05) is 65.5 Å². The van der Waals surface area contributed by atoms with E-state index in [1.165, 1.54) is 0 Å². The van der Waals surface area contributed by atoms with Gasteiger partial charge >= 0.3 is 45.2 Å². The average Bonchev–Trinajstić information content (AvgIpc) is 3.47. The molecule has 10 radical (unpaired) electrons. The van der Waals surface area contributed by atoms with Gasteiger partial charge < -0.3 is 0 Å². The van der Waals surface area contributed by atoms with Gasteiger partial charge in [0.1, 0.15) is 0 Å². The molecular formula is C24H38Fe2O4Si4. The Bertz CT molecular complexity index is 489. The normalized spacial score (nSPS) is 15.6. The first kappa shape index (κ1) is 48.0. The van der Waals surface area contributed by atoms with Crippen LogP contribution < -0.4 is 0 Å². The summed E-state index contributed by atoms with van der Waals surface area (Å²) in [6, 6.07) is 0. The fraction of sp³-hybridized carbons (Fsp3) is 0.417. The van der Waals surface area contributed by atoms with Crippen molar-refractivity contribution in [1.29, 1.82) is 0 Å². The Labute approximate surface area is 236 Å². The zero-order valence-electron chi connectivity index (χ0n) is 22.0. The van der Waals surface area contributed by atoms with E-state index in [1.807, 2.05) is 0 Å². The molecule has 34 heavy (non-hydrogen) atoms. The van der Waals surface area contributed by atoms with Crippen LogP contribution in [0, 0.1) is 89.1 Å². The molecule has 0 N–H and O–H groups in total. The van der Waals surface area contributed by atoms with Crippen molar-refractivity contribution < 1.29 is 52.7 Å². The Morgan fingerprint density at radius 1 is 0.412 bits per heavy atom. The van der Waals surface area contributed by atoms with Crippen LogP contribution in [0.1, 0.15) is 0 Å². The monoisotopic (exact) mass is 614 g/mol. The van der Waals surface area contributed by atoms with Gasteiger partial charge in [0.2, 0.25) is 0 Å². The fourth-order valence-corrected chi connectivity index (χ4v) is 12.4. The van der Waals surface area contributed by atoms with Crippen molar-refractivity contribution >= 4 is 30.4 Å². The van der Waals surface area contributed by atoms with E-state index < -0.39 is 30.4 Å². The molecule has 4 nitrogen and oxygen atoms in total. The molecule has 0 saturated heterocycles. The summed E-state index contributed by atoms with van der Waals surface area (Å²) in [6.45, 7) is 43.0. The predicted octanol–water partition coefficient (Wildman–Crippen LogP) is 5.96. The average molecular weight is 615 g/mol. The van der Waals surface area contributed by atoms with Crippen LogP contribution in [0.5, 0.6) is 0 Å². The first-order chi connectivity index (χ1) is 14.7. The summed E-state index contributed by atoms with van der Waals surface area (Å²) in [5.74, 6) is 0. The van der Waals surface area contributed by atoms with Gasteiger partial charge in [0.05, 0.1) is 0 Å². The molecule has 0 bridgehead atoms. The van der Waals surface area contributed by atoms with E-state index in [-0.39, 0.29) is 34.1 Å². The molecule has 10 heteroatoms. The number of rotatable bonds is 4. The maximum atomic E-state index is 7.50. The Balaban J connectivity index is -0.0000000851. The van der Waals surface area contributed by atoms with Gasteiger partial charge in [-0.05, 0) is 62.4 Å². The molecule has 190 valence electrons. The molecule has 2 aliphatic carbocycles. The third-order valence-electron chi connectivity index (χ3n) is 6.52. The van der Waals surface area contributed by atoms with E-state index in [2.05, 4.69) is 143 Å². The molecule has 2 saturated carbocycles. The van der Waals surface area contributed by atoms with Gasteiger partial charge in [-0.3, -0.25) is 0 Å². The zero-order valence-corrected chi connectivity index (χ0v) is 28.2. The third kappa shape index (κ3) is 16.6. The summed E-state index contributed by atoms with van der Waals surface area (Å²) in [5, 5.41) is 0. The van der Waals surface area contributed by atoms with Crippen molar-refractivity contribution in [2.45, 2.75) is 65.5 Å². The molecule has 2 aliphatic rings. The van der Waals surface area contributed by atoms with Gasteiger partial charge in [0.25, 0.3) is 0 Å². The van der Waals surface area contributed by atoms with Crippen LogP contribution >= 0.6 is 0 Å². The maximum absolute atomic E-state index is 7.50. The molecule has 0 aromatic heterocycles. The minimum atomic E-state index is -1.09. The minimum absolute atomic E-state index is 0. The Morgan fingerprint density at radius 3 is 0.676 bits per heavy atom. The van der Waals surface area contributed by atoms with Gasteiger partial charge in [-0.25, -0.2) is 0 Å². The molecule has 0 amide bonds. The van der Waals surface area contributed by atoms with Crippen LogP contribution in [0.3, 0.4) is 0 Å². The topological polar surface area (TPSA) is 79.6 Å². The van der Waals surface area contributed by atoms with E-state index in [9.17, 15) is 0 Å². The van der Waals surface area contributed by atoms with Crippen molar-refractivity contribution in [3.8, 4) is 0 Å². The Kier molecular flexibility index (Phi) is 34.2. The summed E-state index contributed by atoms with van der Waals surface area (Å²) in [6.07, 6.45) is 17.9. The molecule has 0 heterocycles. The molecular weight excluding hydrogens is 576 g/mol. The smallest absolute Gasteiger partial charge is 0 e. The van der Waals surface area contributed by atoms with Crippen molar-refractivity contribution in [2.24, 2.45) is 0 Å². The molecule has 0 aromatic carbocycles. The summed E-state index contributed by atoms with van der Waals surface area (Å²) < 4.78 is 30.0. The van der Waals surface area contributed by atoms with Gasteiger partial charge in [-0.15, -0.1) is 0 Å². The van der Waals surface area contributed by atoms with Crippen LogP contribution in [0.2, 0.25) is 65.5 Å². The van der Waals surface area contributed by atoms with Crippen molar-refractivity contribution in [3.63, 3.8) is 0 Å². The molecule has 2 fully saturated rings. The quantitative estimate of drug-likeness (QED) is 0.213. The van der Waals surface area contributed by atoms with Gasteiger partial charge in [0.15, 0.2) is 0 Å². The van der Waals surface area contributed by atoms with Crippen molar-refractivity contribution in [1.82, 2.24) is 0 Å². The molecule has 0 spiro atoms. The minimum Gasteiger partial charge on any atom is 0 e. The van der Waals surface area contributed by atoms with Crippen molar-refractivity contribution in [2.75, 3.05) is 0 Å². The van der Waals surface area contributed by atoms with E-state index in [4.69, 9.17) is 18.6 Å². The van der Waals surface area contributed by atoms with Gasteiger partial charge in [0, 0.05) is 64.5 Å². The van der Waals surface area contributed by atoms with Crippen molar-refractivity contribution in [3.05, 3.63) is 89.1 Å². The standard InChI is InChI=1S/2C10H19Si2.4CO.2Fe/c2*1-11(2,3)12(4,5)10-8-6-7-9-10;4*1-2;;/h2*6-9H,1-5H3;;;;;;. The second kappa shape index (κ2) is 24.2. The van der Waals surface area contributed by atoms with Crippen LogP contribution in [-0.4, -0.2) is 30.4 Å². The second-order valence-electron chi connectivity index (χ2n) is 10.1. The van der Waals surface area contributed by atoms with E-state index >= 15 is 0 Å². The first-order valence-electron chi connectivity index (χ1n) is 9.97. The SMILES string of the molecule is C[Si](C)(C)[Si](C)(C)[C]1[CH][CH][CH][CH]1.C[Si](C)(C)[Si](C)(C)[C]1[CH][CH][CH][CH]1.[C-]#[O+].[C-]#[O+].[C-]#[O+].[C-]#[O+].[Fe].[Fe]. The van der Waals surface area contributed by atoms with E-state index in [0.29, 0.717) is 0 Å².